The van der Waals surface area contributed by atoms with Gasteiger partial charge in [0.15, 0.2) is 5.82 Å². The van der Waals surface area contributed by atoms with Crippen molar-refractivity contribution in [2.45, 2.75) is 6.92 Å². The van der Waals surface area contributed by atoms with Crippen molar-refractivity contribution < 1.29 is 0 Å². The molecule has 0 aromatic carbocycles. The van der Waals surface area contributed by atoms with Crippen LogP contribution < -0.4 is 5.73 Å². The summed E-state index contributed by atoms with van der Waals surface area (Å²) in [6.45, 7) is 1.72. The van der Waals surface area contributed by atoms with Crippen LogP contribution in [0.5, 0.6) is 0 Å². The zero-order valence-electron chi connectivity index (χ0n) is 9.28. The maximum atomic E-state index is 8.91. The molecule has 0 fully saturated rings. The fraction of sp³-hybridized carbons (Fsp3) is 0.0909. The Balaban J connectivity index is 2.63. The summed E-state index contributed by atoms with van der Waals surface area (Å²) in [5, 5.41) is 8.91. The maximum absolute atomic E-state index is 8.91. The minimum absolute atomic E-state index is 0.164. The number of rotatable bonds is 1. The molecule has 2 aromatic rings. The Morgan fingerprint density at radius 2 is 2.06 bits per heavy atom. The van der Waals surface area contributed by atoms with E-state index in [9.17, 15) is 0 Å². The zero-order valence-corrected chi connectivity index (χ0v) is 12.4. The average molecular weight is 369 g/mol. The molecule has 0 saturated carbocycles. The lowest BCUT2D eigenvalue weighted by atomic mass is 10.2. The lowest BCUT2D eigenvalue weighted by Gasteiger charge is -2.06. The van der Waals surface area contributed by atoms with E-state index in [4.69, 9.17) is 11.0 Å². The normalized spacial score (nSPS) is 10.1. The average Bonchev–Trinajstić information content (AvgIpc) is 2.28. The van der Waals surface area contributed by atoms with Crippen LogP contribution in [0.25, 0.3) is 11.5 Å². The van der Waals surface area contributed by atoms with Crippen LogP contribution in [0.4, 0.5) is 5.82 Å². The lowest BCUT2D eigenvalue weighted by molar-refractivity contribution is 1.08. The van der Waals surface area contributed by atoms with E-state index in [0.29, 0.717) is 22.8 Å². The molecule has 0 aliphatic carbocycles. The van der Waals surface area contributed by atoms with Gasteiger partial charge in [-0.3, -0.25) is 4.98 Å². The number of hydrogen-bond acceptors (Lipinski definition) is 5. The summed E-state index contributed by atoms with van der Waals surface area (Å²) < 4.78 is 1.59. The molecule has 0 aliphatic heterocycles. The fourth-order valence-electron chi connectivity index (χ4n) is 1.42. The number of aryl methyl sites for hydroxylation is 1. The van der Waals surface area contributed by atoms with Gasteiger partial charge in [0.05, 0.1) is 5.69 Å². The van der Waals surface area contributed by atoms with E-state index in [0.717, 1.165) is 8.95 Å². The van der Waals surface area contributed by atoms with Crippen LogP contribution in [0.15, 0.2) is 21.2 Å². The molecule has 0 aliphatic rings. The molecule has 0 unspecified atom stereocenters. The molecule has 0 amide bonds. The highest BCUT2D eigenvalue weighted by atomic mass is 79.9. The number of pyridine rings is 1. The molecule has 18 heavy (non-hydrogen) atoms. The van der Waals surface area contributed by atoms with Crippen molar-refractivity contribution in [2.24, 2.45) is 0 Å². The third-order valence-electron chi connectivity index (χ3n) is 2.25. The van der Waals surface area contributed by atoms with Gasteiger partial charge in [-0.05, 0) is 44.8 Å². The second kappa shape index (κ2) is 5.00. The van der Waals surface area contributed by atoms with Crippen LogP contribution in [0.2, 0.25) is 0 Å². The summed E-state index contributed by atoms with van der Waals surface area (Å²) in [7, 11) is 0. The predicted molar refractivity (Wildman–Crippen MR) is 74.5 cm³/mol. The van der Waals surface area contributed by atoms with Crippen molar-refractivity contribution in [2.75, 3.05) is 5.73 Å². The van der Waals surface area contributed by atoms with E-state index in [1.807, 2.05) is 12.1 Å². The van der Waals surface area contributed by atoms with Crippen LogP contribution in [-0.4, -0.2) is 15.0 Å². The summed E-state index contributed by atoms with van der Waals surface area (Å²) in [5.41, 5.74) is 7.14. The summed E-state index contributed by atoms with van der Waals surface area (Å²) >= 11 is 6.71. The molecule has 0 saturated heterocycles. The monoisotopic (exact) mass is 367 g/mol. The van der Waals surface area contributed by atoms with Gasteiger partial charge in [0, 0.05) is 15.1 Å². The van der Waals surface area contributed by atoms with E-state index in [1.165, 1.54) is 0 Å². The minimum Gasteiger partial charge on any atom is -0.382 e. The number of nitriles is 1. The highest BCUT2D eigenvalue weighted by Gasteiger charge is 2.13. The van der Waals surface area contributed by atoms with Gasteiger partial charge in [0.2, 0.25) is 0 Å². The molecule has 90 valence electrons. The SMILES string of the molecule is Cc1nc(-c2ncc(Br)cc2Br)nc(N)c1C#N. The van der Waals surface area contributed by atoms with E-state index in [2.05, 4.69) is 46.8 Å². The van der Waals surface area contributed by atoms with Gasteiger partial charge in [0.1, 0.15) is 23.1 Å². The molecule has 2 heterocycles. The lowest BCUT2D eigenvalue weighted by Crippen LogP contribution is -2.03. The molecule has 0 radical (unpaired) electrons. The van der Waals surface area contributed by atoms with Gasteiger partial charge >= 0.3 is 0 Å². The van der Waals surface area contributed by atoms with Gasteiger partial charge in [-0.2, -0.15) is 5.26 Å². The Morgan fingerprint density at radius 3 is 2.61 bits per heavy atom. The molecule has 5 nitrogen and oxygen atoms in total. The molecular formula is C11H7Br2N5. The van der Waals surface area contributed by atoms with Crippen LogP contribution >= 0.6 is 31.9 Å². The van der Waals surface area contributed by atoms with E-state index >= 15 is 0 Å². The highest BCUT2D eigenvalue weighted by Crippen LogP contribution is 2.27. The Labute approximate surface area is 120 Å². The first-order valence-electron chi connectivity index (χ1n) is 4.88. The van der Waals surface area contributed by atoms with Crippen LogP contribution in [0.1, 0.15) is 11.3 Å². The maximum Gasteiger partial charge on any atom is 0.181 e. The minimum atomic E-state index is 0.164. The predicted octanol–water partition coefficient (Wildman–Crippen LogP) is 2.83. The fourth-order valence-corrected chi connectivity index (χ4v) is 2.58. The van der Waals surface area contributed by atoms with Gasteiger partial charge in [-0.15, -0.1) is 0 Å². The zero-order chi connectivity index (χ0) is 13.3. The summed E-state index contributed by atoms with van der Waals surface area (Å²) in [6.07, 6.45) is 1.65. The van der Waals surface area contributed by atoms with E-state index in [-0.39, 0.29) is 5.82 Å². The first-order chi connectivity index (χ1) is 8.52. The Kier molecular flexibility index (Phi) is 3.59. The topological polar surface area (TPSA) is 88.5 Å². The van der Waals surface area contributed by atoms with Crippen LogP contribution in [-0.2, 0) is 0 Å². The highest BCUT2D eigenvalue weighted by molar-refractivity contribution is 9.11. The van der Waals surface area contributed by atoms with Crippen molar-refractivity contribution in [3.05, 3.63) is 32.5 Å². The standard InChI is InChI=1S/C11H7Br2N5/c1-5-7(3-14)10(15)18-11(17-5)9-8(13)2-6(12)4-16-9/h2,4H,1H3,(H2,15,17,18). The quantitative estimate of drug-likeness (QED) is 0.835. The summed E-state index contributed by atoms with van der Waals surface area (Å²) in [5.74, 6) is 0.556. The van der Waals surface area contributed by atoms with Crippen molar-refractivity contribution in [1.82, 2.24) is 15.0 Å². The number of aromatic nitrogens is 3. The van der Waals surface area contributed by atoms with Gasteiger partial charge in [-0.25, -0.2) is 9.97 Å². The molecule has 2 N–H and O–H groups in total. The van der Waals surface area contributed by atoms with Crippen molar-refractivity contribution in [3.63, 3.8) is 0 Å². The van der Waals surface area contributed by atoms with Gasteiger partial charge in [-0.1, -0.05) is 0 Å². The van der Waals surface area contributed by atoms with Crippen molar-refractivity contribution >= 4 is 37.7 Å². The third kappa shape index (κ3) is 2.35. The molecule has 0 spiro atoms. The van der Waals surface area contributed by atoms with Gasteiger partial charge < -0.3 is 5.73 Å². The molecule has 7 heteroatoms. The molecule has 0 bridgehead atoms. The van der Waals surface area contributed by atoms with Crippen LogP contribution in [0.3, 0.4) is 0 Å². The Bertz CT molecular complexity index is 640. The van der Waals surface area contributed by atoms with Crippen molar-refractivity contribution in [3.8, 4) is 17.6 Å². The summed E-state index contributed by atoms with van der Waals surface area (Å²) in [4.78, 5) is 12.6. The third-order valence-corrected chi connectivity index (χ3v) is 3.29. The number of nitrogens with two attached hydrogens (primary N) is 1. The number of hydrogen-bond donors (Lipinski definition) is 1. The Hall–Kier alpha value is -1.52. The molecular weight excluding hydrogens is 362 g/mol. The Morgan fingerprint density at radius 1 is 1.33 bits per heavy atom. The summed E-state index contributed by atoms with van der Waals surface area (Å²) in [6, 6.07) is 3.82. The van der Waals surface area contributed by atoms with Crippen LogP contribution in [0, 0.1) is 18.3 Å². The molecule has 0 atom stereocenters. The van der Waals surface area contributed by atoms with Crippen molar-refractivity contribution in [1.29, 1.82) is 5.26 Å². The first-order valence-corrected chi connectivity index (χ1v) is 6.47. The largest absolute Gasteiger partial charge is 0.382 e. The second-order valence-corrected chi connectivity index (χ2v) is 5.26. The molecule has 2 aromatic heterocycles. The van der Waals surface area contributed by atoms with Gasteiger partial charge in [0.25, 0.3) is 0 Å². The number of nitrogens with zero attached hydrogens (tertiary/aromatic N) is 4. The smallest absolute Gasteiger partial charge is 0.181 e. The number of anilines is 1. The number of nitrogen functional groups attached to an aromatic ring is 1. The number of halogens is 2. The first kappa shape index (κ1) is 12.9. The molecule has 2 rings (SSSR count). The second-order valence-electron chi connectivity index (χ2n) is 3.49. The van der Waals surface area contributed by atoms with E-state index in [1.54, 1.807) is 13.1 Å². The van der Waals surface area contributed by atoms with E-state index < -0.39 is 0 Å².